The molecule has 0 saturated heterocycles. The first-order chi connectivity index (χ1) is 6.52. The molecule has 0 heterocycles. The lowest BCUT2D eigenvalue weighted by Crippen LogP contribution is -2.42. The van der Waals surface area contributed by atoms with Crippen molar-refractivity contribution in [3.8, 4) is 0 Å². The van der Waals surface area contributed by atoms with E-state index >= 15 is 0 Å². The number of aliphatic carboxylic acids is 1. The fourth-order valence-corrected chi connectivity index (χ4v) is 1.08. The smallest absolute Gasteiger partial charge is 0.343 e. The second kappa shape index (κ2) is 4.30. The van der Waals surface area contributed by atoms with E-state index in [0.717, 1.165) is 10.6 Å². The van der Waals surface area contributed by atoms with Gasteiger partial charge in [0.1, 0.15) is 0 Å². The summed E-state index contributed by atoms with van der Waals surface area (Å²) < 4.78 is 0. The largest absolute Gasteiger partial charge is 0.479 e. The number of hydrogen-bond donors (Lipinski definition) is 2. The Morgan fingerprint density at radius 2 is 2.00 bits per heavy atom. The number of hydrogen-bond acceptors (Lipinski definition) is 3. The van der Waals surface area contributed by atoms with Gasteiger partial charge in [-0.1, -0.05) is 29.3 Å². The van der Waals surface area contributed by atoms with Crippen molar-refractivity contribution in [2.24, 2.45) is 5.84 Å². The summed E-state index contributed by atoms with van der Waals surface area (Å²) in [5.41, 5.74) is 0.388. The molecule has 1 rings (SSSR count). The first-order valence-corrected chi connectivity index (χ1v) is 4.43. The van der Waals surface area contributed by atoms with Crippen LogP contribution in [-0.4, -0.2) is 16.6 Å². The molecule has 0 radical (unpaired) electrons. The van der Waals surface area contributed by atoms with Crippen LogP contribution in [0.2, 0.25) is 0 Å². The lowest BCUT2D eigenvalue weighted by atomic mass is 10.2. The van der Waals surface area contributed by atoms with Gasteiger partial charge in [-0.2, -0.15) is 0 Å². The molecule has 0 aromatic heterocycles. The Hall–Kier alpha value is -1.26. The number of anilines is 1. The molecule has 0 aliphatic rings. The van der Waals surface area contributed by atoms with Crippen LogP contribution in [0.3, 0.4) is 0 Å². The van der Waals surface area contributed by atoms with Gasteiger partial charge in [0.2, 0.25) is 5.50 Å². The van der Waals surface area contributed by atoms with Gasteiger partial charge in [0.05, 0.1) is 5.69 Å². The van der Waals surface area contributed by atoms with Crippen LogP contribution in [0.1, 0.15) is 5.56 Å². The highest BCUT2D eigenvalue weighted by Crippen LogP contribution is 2.15. The number of hydrazine groups is 1. The van der Waals surface area contributed by atoms with Crippen molar-refractivity contribution in [2.45, 2.75) is 12.4 Å². The van der Waals surface area contributed by atoms with Crippen molar-refractivity contribution >= 4 is 23.3 Å². The maximum absolute atomic E-state index is 10.5. The molecule has 14 heavy (non-hydrogen) atoms. The summed E-state index contributed by atoms with van der Waals surface area (Å²) in [6, 6.07) is 7.10. The van der Waals surface area contributed by atoms with Crippen molar-refractivity contribution < 1.29 is 9.90 Å². The van der Waals surface area contributed by atoms with E-state index in [-0.39, 0.29) is 0 Å². The van der Waals surface area contributed by atoms with Gasteiger partial charge < -0.3 is 5.11 Å². The number of nitrogens with zero attached hydrogens (tertiary/aromatic N) is 1. The molecule has 1 aromatic rings. The third-order valence-corrected chi connectivity index (χ3v) is 2.18. The molecule has 0 amide bonds. The van der Waals surface area contributed by atoms with E-state index in [1.165, 1.54) is 0 Å². The van der Waals surface area contributed by atoms with Crippen LogP contribution < -0.4 is 10.9 Å². The number of benzene rings is 1. The second-order valence-corrected chi connectivity index (χ2v) is 3.33. The second-order valence-electron chi connectivity index (χ2n) is 2.92. The van der Waals surface area contributed by atoms with E-state index in [1.807, 2.05) is 19.1 Å². The molecule has 4 nitrogen and oxygen atoms in total. The number of carboxylic acid groups (broad SMARTS) is 1. The third-order valence-electron chi connectivity index (χ3n) is 1.78. The molecular formula is C9H11ClN2O2. The number of alkyl halides is 1. The minimum atomic E-state index is -1.25. The van der Waals surface area contributed by atoms with Gasteiger partial charge in [-0.25, -0.2) is 10.6 Å². The Bertz CT molecular complexity index is 326. The van der Waals surface area contributed by atoms with E-state index in [9.17, 15) is 4.79 Å². The van der Waals surface area contributed by atoms with Gasteiger partial charge in [-0.3, -0.25) is 5.01 Å². The summed E-state index contributed by atoms with van der Waals surface area (Å²) in [5.74, 6) is 4.34. The number of carbonyl (C=O) groups is 1. The summed E-state index contributed by atoms with van der Waals surface area (Å²) in [5, 5.41) is 9.62. The molecule has 5 heteroatoms. The maximum atomic E-state index is 10.5. The molecule has 0 fully saturated rings. The Balaban J connectivity index is 2.84. The standard InChI is InChI=1S/C9H11ClN2O2/c1-6-2-4-7(5-3-6)12(11)8(10)9(13)14/h2-5,8H,11H2,1H3,(H,13,14). The van der Waals surface area contributed by atoms with E-state index in [0.29, 0.717) is 5.69 Å². The summed E-state index contributed by atoms with van der Waals surface area (Å²) in [4.78, 5) is 10.5. The fourth-order valence-electron chi connectivity index (χ4n) is 0.967. The fraction of sp³-hybridized carbons (Fsp3) is 0.222. The average Bonchev–Trinajstić information content (AvgIpc) is 2.16. The highest BCUT2D eigenvalue weighted by Gasteiger charge is 2.20. The van der Waals surface area contributed by atoms with Gasteiger partial charge in [0.15, 0.2) is 0 Å². The van der Waals surface area contributed by atoms with Gasteiger partial charge in [0.25, 0.3) is 0 Å². The van der Waals surface area contributed by atoms with Crippen LogP contribution in [0.4, 0.5) is 5.69 Å². The van der Waals surface area contributed by atoms with Crippen molar-refractivity contribution in [1.29, 1.82) is 0 Å². The lowest BCUT2D eigenvalue weighted by molar-refractivity contribution is -0.136. The lowest BCUT2D eigenvalue weighted by Gasteiger charge is -2.20. The van der Waals surface area contributed by atoms with Crippen molar-refractivity contribution in [3.05, 3.63) is 29.8 Å². The van der Waals surface area contributed by atoms with Crippen LogP contribution in [0.15, 0.2) is 24.3 Å². The molecule has 3 N–H and O–H groups in total. The zero-order chi connectivity index (χ0) is 10.7. The van der Waals surface area contributed by atoms with E-state index in [1.54, 1.807) is 12.1 Å². The number of nitrogens with two attached hydrogens (primary N) is 1. The highest BCUT2D eigenvalue weighted by atomic mass is 35.5. The Kier molecular flexibility index (Phi) is 3.33. The predicted molar refractivity (Wildman–Crippen MR) is 55.1 cm³/mol. The molecule has 0 aliphatic carbocycles. The van der Waals surface area contributed by atoms with Gasteiger partial charge in [-0.05, 0) is 19.1 Å². The van der Waals surface area contributed by atoms with Crippen LogP contribution in [-0.2, 0) is 4.79 Å². The molecule has 0 spiro atoms. The molecule has 1 atom stereocenters. The zero-order valence-electron chi connectivity index (χ0n) is 7.64. The molecule has 76 valence electrons. The number of halogens is 1. The quantitative estimate of drug-likeness (QED) is 0.345. The SMILES string of the molecule is Cc1ccc(N(N)C(Cl)C(=O)O)cc1. The molecule has 0 saturated carbocycles. The van der Waals surface area contributed by atoms with Crippen molar-refractivity contribution in [1.82, 2.24) is 0 Å². The van der Waals surface area contributed by atoms with Crippen LogP contribution >= 0.6 is 11.6 Å². The molecule has 0 aliphatic heterocycles. The first kappa shape index (κ1) is 10.8. The minimum Gasteiger partial charge on any atom is -0.479 e. The molecule has 1 aromatic carbocycles. The molecule has 0 bridgehead atoms. The summed E-state index contributed by atoms with van der Waals surface area (Å²) >= 11 is 5.54. The zero-order valence-corrected chi connectivity index (χ0v) is 8.40. The van der Waals surface area contributed by atoms with Crippen LogP contribution in [0.25, 0.3) is 0 Å². The molecular weight excluding hydrogens is 204 g/mol. The molecule has 1 unspecified atom stereocenters. The summed E-state index contributed by atoms with van der Waals surface area (Å²) in [7, 11) is 0. The summed E-state index contributed by atoms with van der Waals surface area (Å²) in [6.07, 6.45) is 0. The van der Waals surface area contributed by atoms with Crippen molar-refractivity contribution in [3.63, 3.8) is 0 Å². The van der Waals surface area contributed by atoms with Crippen LogP contribution in [0.5, 0.6) is 0 Å². The average molecular weight is 215 g/mol. The van der Waals surface area contributed by atoms with Gasteiger partial charge >= 0.3 is 5.97 Å². The van der Waals surface area contributed by atoms with Crippen LogP contribution in [0, 0.1) is 6.92 Å². The Labute approximate surface area is 86.9 Å². The number of aryl methyl sites for hydroxylation is 1. The summed E-state index contributed by atoms with van der Waals surface area (Å²) in [6.45, 7) is 1.93. The van der Waals surface area contributed by atoms with E-state index in [4.69, 9.17) is 22.6 Å². The van der Waals surface area contributed by atoms with Gasteiger partial charge in [-0.15, -0.1) is 0 Å². The van der Waals surface area contributed by atoms with Gasteiger partial charge in [0, 0.05) is 0 Å². The topological polar surface area (TPSA) is 66.6 Å². The van der Waals surface area contributed by atoms with E-state index in [2.05, 4.69) is 0 Å². The third kappa shape index (κ3) is 2.37. The minimum absolute atomic E-state index is 0.568. The highest BCUT2D eigenvalue weighted by molar-refractivity contribution is 6.30. The Morgan fingerprint density at radius 1 is 1.50 bits per heavy atom. The maximum Gasteiger partial charge on any atom is 0.343 e. The first-order valence-electron chi connectivity index (χ1n) is 4.00. The normalized spacial score (nSPS) is 12.2. The van der Waals surface area contributed by atoms with E-state index < -0.39 is 11.5 Å². The Morgan fingerprint density at radius 3 is 2.43 bits per heavy atom. The van der Waals surface area contributed by atoms with Crippen molar-refractivity contribution in [2.75, 3.05) is 5.01 Å². The number of carboxylic acids is 1. The monoisotopic (exact) mass is 214 g/mol. The number of rotatable bonds is 3. The predicted octanol–water partition coefficient (Wildman–Crippen LogP) is 1.32.